The van der Waals surface area contributed by atoms with Gasteiger partial charge in [-0.2, -0.15) is 0 Å². The smallest absolute Gasteiger partial charge is 0.251 e. The Labute approximate surface area is 130 Å². The van der Waals surface area contributed by atoms with Crippen LogP contribution in [-0.2, 0) is 16.6 Å². The molecule has 6 heteroatoms. The zero-order chi connectivity index (χ0) is 16.2. The standard InChI is InChI=1S/C16H18N2O3S/c1-12-3-9-15(10-4-12)22(20,21)18-11-13-5-7-14(8-6-13)16(19)17-2/h3-10,18H,11H2,1-2H3,(H,17,19). The van der Waals surface area contributed by atoms with Crippen LogP contribution in [0.25, 0.3) is 0 Å². The highest BCUT2D eigenvalue weighted by Crippen LogP contribution is 2.11. The average Bonchev–Trinajstić information content (AvgIpc) is 2.53. The van der Waals surface area contributed by atoms with E-state index in [0.29, 0.717) is 5.56 Å². The lowest BCUT2D eigenvalue weighted by Gasteiger charge is -2.08. The largest absolute Gasteiger partial charge is 0.355 e. The number of amides is 1. The van der Waals surface area contributed by atoms with Crippen molar-refractivity contribution < 1.29 is 13.2 Å². The molecule has 0 aliphatic heterocycles. The first-order chi connectivity index (χ1) is 10.4. The van der Waals surface area contributed by atoms with Gasteiger partial charge in [-0.3, -0.25) is 4.79 Å². The lowest BCUT2D eigenvalue weighted by atomic mass is 10.1. The molecule has 116 valence electrons. The highest BCUT2D eigenvalue weighted by atomic mass is 32.2. The summed E-state index contributed by atoms with van der Waals surface area (Å²) < 4.78 is 26.9. The van der Waals surface area contributed by atoms with Gasteiger partial charge in [0, 0.05) is 19.2 Å². The van der Waals surface area contributed by atoms with Crippen LogP contribution in [0.1, 0.15) is 21.5 Å². The number of benzene rings is 2. The van der Waals surface area contributed by atoms with Crippen molar-refractivity contribution in [3.8, 4) is 0 Å². The van der Waals surface area contributed by atoms with Gasteiger partial charge in [-0.15, -0.1) is 0 Å². The summed E-state index contributed by atoms with van der Waals surface area (Å²) in [7, 11) is -1.97. The maximum atomic E-state index is 12.2. The fourth-order valence-electron chi connectivity index (χ4n) is 1.90. The highest BCUT2D eigenvalue weighted by Gasteiger charge is 2.13. The quantitative estimate of drug-likeness (QED) is 0.883. The molecule has 22 heavy (non-hydrogen) atoms. The van der Waals surface area contributed by atoms with Crippen LogP contribution in [0.4, 0.5) is 0 Å². The first kappa shape index (κ1) is 16.2. The Hall–Kier alpha value is -2.18. The Balaban J connectivity index is 2.05. The van der Waals surface area contributed by atoms with Gasteiger partial charge < -0.3 is 5.32 Å². The van der Waals surface area contributed by atoms with E-state index < -0.39 is 10.0 Å². The molecule has 0 unspecified atom stereocenters. The maximum absolute atomic E-state index is 12.2. The minimum absolute atomic E-state index is 0.171. The second-order valence-corrected chi connectivity index (χ2v) is 6.68. The van der Waals surface area contributed by atoms with E-state index in [1.165, 1.54) is 0 Å². The molecule has 0 aromatic heterocycles. The van der Waals surface area contributed by atoms with Crippen LogP contribution in [0.3, 0.4) is 0 Å². The number of hydrogen-bond donors (Lipinski definition) is 2. The Morgan fingerprint density at radius 3 is 2.14 bits per heavy atom. The zero-order valence-corrected chi connectivity index (χ0v) is 13.3. The summed E-state index contributed by atoms with van der Waals surface area (Å²) >= 11 is 0. The molecule has 0 atom stereocenters. The lowest BCUT2D eigenvalue weighted by Crippen LogP contribution is -2.23. The van der Waals surface area contributed by atoms with Crippen LogP contribution < -0.4 is 10.0 Å². The number of sulfonamides is 1. The number of aryl methyl sites for hydroxylation is 1. The molecule has 2 rings (SSSR count). The van der Waals surface area contributed by atoms with Gasteiger partial charge in [0.2, 0.25) is 10.0 Å². The molecule has 5 nitrogen and oxygen atoms in total. The Bertz CT molecular complexity index is 751. The zero-order valence-electron chi connectivity index (χ0n) is 12.5. The molecule has 0 fully saturated rings. The topological polar surface area (TPSA) is 75.3 Å². The van der Waals surface area contributed by atoms with Crippen molar-refractivity contribution >= 4 is 15.9 Å². The summed E-state index contributed by atoms with van der Waals surface area (Å²) in [6, 6.07) is 13.4. The molecule has 2 aromatic rings. The fourth-order valence-corrected chi connectivity index (χ4v) is 2.92. The molecular weight excluding hydrogens is 300 g/mol. The normalized spacial score (nSPS) is 11.2. The molecule has 1 amide bonds. The van der Waals surface area contributed by atoms with E-state index in [-0.39, 0.29) is 17.3 Å². The predicted octanol–water partition coefficient (Wildman–Crippen LogP) is 1.83. The van der Waals surface area contributed by atoms with Crippen LogP contribution in [0.15, 0.2) is 53.4 Å². The molecule has 0 aliphatic carbocycles. The van der Waals surface area contributed by atoms with Crippen molar-refractivity contribution in [1.82, 2.24) is 10.0 Å². The number of rotatable bonds is 5. The SMILES string of the molecule is CNC(=O)c1ccc(CNS(=O)(=O)c2ccc(C)cc2)cc1. The van der Waals surface area contributed by atoms with Gasteiger partial charge in [-0.25, -0.2) is 13.1 Å². The summed E-state index contributed by atoms with van der Waals surface area (Å²) in [6.45, 7) is 2.07. The molecule has 0 saturated carbocycles. The van der Waals surface area contributed by atoms with E-state index in [2.05, 4.69) is 10.0 Å². The van der Waals surface area contributed by atoms with Gasteiger partial charge in [0.25, 0.3) is 5.91 Å². The molecule has 2 N–H and O–H groups in total. The number of carbonyl (C=O) groups is 1. The molecule has 0 heterocycles. The average molecular weight is 318 g/mol. The van der Waals surface area contributed by atoms with Crippen LogP contribution in [0, 0.1) is 6.92 Å². The van der Waals surface area contributed by atoms with E-state index in [1.807, 2.05) is 6.92 Å². The van der Waals surface area contributed by atoms with Gasteiger partial charge >= 0.3 is 0 Å². The molecule has 0 aliphatic rings. The Morgan fingerprint density at radius 2 is 1.59 bits per heavy atom. The van der Waals surface area contributed by atoms with Crippen molar-refractivity contribution in [1.29, 1.82) is 0 Å². The van der Waals surface area contributed by atoms with Gasteiger partial charge in [0.1, 0.15) is 0 Å². The first-order valence-corrected chi connectivity index (χ1v) is 8.28. The van der Waals surface area contributed by atoms with E-state index in [9.17, 15) is 13.2 Å². The summed E-state index contributed by atoms with van der Waals surface area (Å²) in [6.07, 6.45) is 0. The van der Waals surface area contributed by atoms with E-state index in [1.54, 1.807) is 55.6 Å². The molecule has 0 spiro atoms. The third-order valence-corrected chi connectivity index (χ3v) is 4.66. The van der Waals surface area contributed by atoms with Crippen LogP contribution in [0.5, 0.6) is 0 Å². The fraction of sp³-hybridized carbons (Fsp3) is 0.188. The summed E-state index contributed by atoms with van der Waals surface area (Å²) in [5, 5.41) is 2.53. The first-order valence-electron chi connectivity index (χ1n) is 6.80. The third-order valence-electron chi connectivity index (χ3n) is 3.24. The molecule has 0 radical (unpaired) electrons. The van der Waals surface area contributed by atoms with Crippen molar-refractivity contribution in [3.05, 3.63) is 65.2 Å². The molecule has 0 saturated heterocycles. The van der Waals surface area contributed by atoms with Gasteiger partial charge in [0.15, 0.2) is 0 Å². The van der Waals surface area contributed by atoms with E-state index in [0.717, 1.165) is 11.1 Å². The van der Waals surface area contributed by atoms with E-state index >= 15 is 0 Å². The van der Waals surface area contributed by atoms with Crippen molar-refractivity contribution in [2.45, 2.75) is 18.4 Å². The van der Waals surface area contributed by atoms with Crippen molar-refractivity contribution in [3.63, 3.8) is 0 Å². The lowest BCUT2D eigenvalue weighted by molar-refractivity contribution is 0.0963. The van der Waals surface area contributed by atoms with Gasteiger partial charge in [0.05, 0.1) is 4.90 Å². The minimum Gasteiger partial charge on any atom is -0.355 e. The second-order valence-electron chi connectivity index (χ2n) is 4.91. The van der Waals surface area contributed by atoms with Gasteiger partial charge in [-0.05, 0) is 36.8 Å². The monoisotopic (exact) mass is 318 g/mol. The third kappa shape index (κ3) is 3.93. The predicted molar refractivity (Wildman–Crippen MR) is 85.0 cm³/mol. The molecule has 2 aromatic carbocycles. The summed E-state index contributed by atoms with van der Waals surface area (Å²) in [5.74, 6) is -0.174. The molecular formula is C16H18N2O3S. The van der Waals surface area contributed by atoms with Crippen LogP contribution >= 0.6 is 0 Å². The van der Waals surface area contributed by atoms with Crippen molar-refractivity contribution in [2.75, 3.05) is 7.05 Å². The molecule has 0 bridgehead atoms. The van der Waals surface area contributed by atoms with Crippen LogP contribution in [0.2, 0.25) is 0 Å². The maximum Gasteiger partial charge on any atom is 0.251 e. The summed E-state index contributed by atoms with van der Waals surface area (Å²) in [4.78, 5) is 11.7. The number of carbonyl (C=O) groups excluding carboxylic acids is 1. The number of hydrogen-bond acceptors (Lipinski definition) is 3. The van der Waals surface area contributed by atoms with Crippen molar-refractivity contribution in [2.24, 2.45) is 0 Å². The summed E-state index contributed by atoms with van der Waals surface area (Å²) in [5.41, 5.74) is 2.32. The minimum atomic E-state index is -3.54. The van der Waals surface area contributed by atoms with Gasteiger partial charge in [-0.1, -0.05) is 29.8 Å². The second kappa shape index (κ2) is 6.72. The number of nitrogens with one attached hydrogen (secondary N) is 2. The Morgan fingerprint density at radius 1 is 1.00 bits per heavy atom. The van der Waals surface area contributed by atoms with Crippen LogP contribution in [-0.4, -0.2) is 21.4 Å². The highest BCUT2D eigenvalue weighted by molar-refractivity contribution is 7.89. The van der Waals surface area contributed by atoms with E-state index in [4.69, 9.17) is 0 Å². The Kier molecular flexibility index (Phi) is 4.95.